The third kappa shape index (κ3) is 5.41. The summed E-state index contributed by atoms with van der Waals surface area (Å²) in [5.41, 5.74) is -0.0444. The monoisotopic (exact) mass is 270 g/mol. The van der Waals surface area contributed by atoms with Crippen LogP contribution in [0.1, 0.15) is 59.3 Å². The summed E-state index contributed by atoms with van der Waals surface area (Å²) in [7, 11) is 0. The van der Waals surface area contributed by atoms with E-state index in [1.54, 1.807) is 0 Å². The first kappa shape index (κ1) is 16.9. The molecule has 19 heavy (non-hydrogen) atoms. The number of likely N-dealkylation sites (tertiary alicyclic amines) is 1. The molecular formula is C16H34N2O. The SMILES string of the molecule is CCCC1CCN(CCCC(CC)(CO)NCC)C1. The van der Waals surface area contributed by atoms with Crippen molar-refractivity contribution in [1.29, 1.82) is 0 Å². The van der Waals surface area contributed by atoms with Gasteiger partial charge in [-0.05, 0) is 57.7 Å². The molecule has 1 heterocycles. The van der Waals surface area contributed by atoms with Crippen LogP contribution < -0.4 is 5.32 Å². The van der Waals surface area contributed by atoms with Gasteiger partial charge in [0.05, 0.1) is 6.61 Å². The van der Waals surface area contributed by atoms with Gasteiger partial charge in [-0.2, -0.15) is 0 Å². The van der Waals surface area contributed by atoms with Crippen LogP contribution in [0, 0.1) is 5.92 Å². The topological polar surface area (TPSA) is 35.5 Å². The first-order valence-electron chi connectivity index (χ1n) is 8.28. The Bertz CT molecular complexity index is 229. The fourth-order valence-corrected chi connectivity index (χ4v) is 3.41. The van der Waals surface area contributed by atoms with E-state index in [1.807, 2.05) is 0 Å². The minimum Gasteiger partial charge on any atom is -0.394 e. The maximum Gasteiger partial charge on any atom is 0.0613 e. The van der Waals surface area contributed by atoms with Crippen LogP contribution in [0.2, 0.25) is 0 Å². The lowest BCUT2D eigenvalue weighted by atomic mass is 9.91. The number of hydrogen-bond acceptors (Lipinski definition) is 3. The van der Waals surface area contributed by atoms with Crippen LogP contribution >= 0.6 is 0 Å². The summed E-state index contributed by atoms with van der Waals surface area (Å²) in [5.74, 6) is 0.938. The third-order valence-electron chi connectivity index (χ3n) is 4.73. The van der Waals surface area contributed by atoms with Crippen molar-refractivity contribution < 1.29 is 5.11 Å². The Morgan fingerprint density at radius 1 is 1.32 bits per heavy atom. The largest absolute Gasteiger partial charge is 0.394 e. The molecule has 1 saturated heterocycles. The van der Waals surface area contributed by atoms with Gasteiger partial charge in [-0.15, -0.1) is 0 Å². The van der Waals surface area contributed by atoms with Gasteiger partial charge in [0, 0.05) is 12.1 Å². The van der Waals surface area contributed by atoms with Crippen molar-refractivity contribution in [1.82, 2.24) is 10.2 Å². The highest BCUT2D eigenvalue weighted by Gasteiger charge is 2.27. The van der Waals surface area contributed by atoms with Gasteiger partial charge >= 0.3 is 0 Å². The van der Waals surface area contributed by atoms with E-state index in [9.17, 15) is 5.11 Å². The van der Waals surface area contributed by atoms with Gasteiger partial charge in [-0.1, -0.05) is 27.2 Å². The summed E-state index contributed by atoms with van der Waals surface area (Å²) in [6.07, 6.45) is 7.39. The van der Waals surface area contributed by atoms with Crippen molar-refractivity contribution in [3.8, 4) is 0 Å². The van der Waals surface area contributed by atoms with Crippen LogP contribution in [0.3, 0.4) is 0 Å². The number of aliphatic hydroxyl groups is 1. The lowest BCUT2D eigenvalue weighted by Crippen LogP contribution is -2.48. The number of likely N-dealkylation sites (N-methyl/N-ethyl adjacent to an activating group) is 1. The van der Waals surface area contributed by atoms with E-state index in [-0.39, 0.29) is 12.1 Å². The minimum absolute atomic E-state index is 0.0444. The average Bonchev–Trinajstić information content (AvgIpc) is 2.86. The Morgan fingerprint density at radius 3 is 2.68 bits per heavy atom. The summed E-state index contributed by atoms with van der Waals surface area (Å²) in [4.78, 5) is 2.62. The lowest BCUT2D eigenvalue weighted by molar-refractivity contribution is 0.141. The molecule has 0 bridgehead atoms. The smallest absolute Gasteiger partial charge is 0.0613 e. The molecule has 0 aromatic heterocycles. The highest BCUT2D eigenvalue weighted by Crippen LogP contribution is 2.22. The van der Waals surface area contributed by atoms with Crippen LogP contribution in [-0.4, -0.2) is 48.3 Å². The maximum atomic E-state index is 9.64. The Balaban J connectivity index is 2.25. The van der Waals surface area contributed by atoms with Crippen molar-refractivity contribution >= 4 is 0 Å². The van der Waals surface area contributed by atoms with Gasteiger partial charge < -0.3 is 15.3 Å². The van der Waals surface area contributed by atoms with E-state index in [0.717, 1.165) is 25.3 Å². The van der Waals surface area contributed by atoms with Crippen molar-refractivity contribution in [3.63, 3.8) is 0 Å². The van der Waals surface area contributed by atoms with E-state index in [1.165, 1.54) is 45.3 Å². The number of rotatable bonds is 10. The molecule has 3 nitrogen and oxygen atoms in total. The molecule has 114 valence electrons. The molecule has 2 unspecified atom stereocenters. The molecule has 0 aliphatic carbocycles. The van der Waals surface area contributed by atoms with Crippen molar-refractivity contribution in [2.75, 3.05) is 32.8 Å². The zero-order valence-corrected chi connectivity index (χ0v) is 13.2. The summed E-state index contributed by atoms with van der Waals surface area (Å²) in [5, 5.41) is 13.1. The summed E-state index contributed by atoms with van der Waals surface area (Å²) < 4.78 is 0. The summed E-state index contributed by atoms with van der Waals surface area (Å²) in [6.45, 7) is 11.6. The van der Waals surface area contributed by atoms with E-state index in [2.05, 4.69) is 31.0 Å². The minimum atomic E-state index is -0.0444. The number of hydrogen-bond donors (Lipinski definition) is 2. The van der Waals surface area contributed by atoms with Crippen molar-refractivity contribution in [3.05, 3.63) is 0 Å². The lowest BCUT2D eigenvalue weighted by Gasteiger charge is -2.32. The van der Waals surface area contributed by atoms with Gasteiger partial charge in [-0.3, -0.25) is 0 Å². The number of nitrogens with one attached hydrogen (secondary N) is 1. The first-order chi connectivity index (χ1) is 9.19. The number of nitrogens with zero attached hydrogens (tertiary/aromatic N) is 1. The molecule has 1 fully saturated rings. The van der Waals surface area contributed by atoms with Crippen LogP contribution in [-0.2, 0) is 0 Å². The van der Waals surface area contributed by atoms with Crippen molar-refractivity contribution in [2.45, 2.75) is 64.8 Å². The van der Waals surface area contributed by atoms with Gasteiger partial charge in [0.15, 0.2) is 0 Å². The van der Waals surface area contributed by atoms with Gasteiger partial charge in [0.25, 0.3) is 0 Å². The second-order valence-electron chi connectivity index (χ2n) is 6.17. The second-order valence-corrected chi connectivity index (χ2v) is 6.17. The third-order valence-corrected chi connectivity index (χ3v) is 4.73. The Labute approximate surface area is 119 Å². The Morgan fingerprint density at radius 2 is 2.11 bits per heavy atom. The fraction of sp³-hybridized carbons (Fsp3) is 1.00. The van der Waals surface area contributed by atoms with Gasteiger partial charge in [0.2, 0.25) is 0 Å². The molecule has 2 N–H and O–H groups in total. The van der Waals surface area contributed by atoms with Crippen LogP contribution in [0.15, 0.2) is 0 Å². The molecule has 0 amide bonds. The standard InChI is InChI=1S/C16H34N2O/c1-4-8-15-9-12-18(13-15)11-7-10-16(5-2,14-19)17-6-3/h15,17,19H,4-14H2,1-3H3. The maximum absolute atomic E-state index is 9.64. The Hall–Kier alpha value is -0.120. The molecular weight excluding hydrogens is 236 g/mol. The highest BCUT2D eigenvalue weighted by atomic mass is 16.3. The molecule has 2 atom stereocenters. The molecule has 0 spiro atoms. The molecule has 0 aromatic carbocycles. The molecule has 0 saturated carbocycles. The van der Waals surface area contributed by atoms with Crippen LogP contribution in [0.4, 0.5) is 0 Å². The van der Waals surface area contributed by atoms with Crippen LogP contribution in [0.5, 0.6) is 0 Å². The zero-order chi connectivity index (χ0) is 14.1. The molecule has 1 rings (SSSR count). The zero-order valence-electron chi connectivity index (χ0n) is 13.2. The predicted molar refractivity (Wildman–Crippen MR) is 82.5 cm³/mol. The quantitative estimate of drug-likeness (QED) is 0.640. The number of aliphatic hydroxyl groups excluding tert-OH is 1. The normalized spacial score (nSPS) is 23.7. The molecule has 0 aromatic rings. The van der Waals surface area contributed by atoms with E-state index in [0.29, 0.717) is 0 Å². The Kier molecular flexibility index (Phi) is 7.96. The average molecular weight is 270 g/mol. The predicted octanol–water partition coefficient (Wildman–Crippen LogP) is 2.64. The second kappa shape index (κ2) is 8.93. The molecule has 3 heteroatoms. The van der Waals surface area contributed by atoms with Gasteiger partial charge in [0.1, 0.15) is 0 Å². The van der Waals surface area contributed by atoms with Gasteiger partial charge in [-0.25, -0.2) is 0 Å². The molecule has 0 radical (unpaired) electrons. The van der Waals surface area contributed by atoms with Crippen molar-refractivity contribution in [2.24, 2.45) is 5.92 Å². The first-order valence-corrected chi connectivity index (χ1v) is 8.28. The van der Waals surface area contributed by atoms with E-state index >= 15 is 0 Å². The highest BCUT2D eigenvalue weighted by molar-refractivity contribution is 4.86. The fourth-order valence-electron chi connectivity index (χ4n) is 3.41. The van der Waals surface area contributed by atoms with E-state index in [4.69, 9.17) is 0 Å². The molecule has 1 aliphatic rings. The van der Waals surface area contributed by atoms with E-state index < -0.39 is 0 Å². The summed E-state index contributed by atoms with van der Waals surface area (Å²) >= 11 is 0. The molecule has 1 aliphatic heterocycles. The summed E-state index contributed by atoms with van der Waals surface area (Å²) in [6, 6.07) is 0. The van der Waals surface area contributed by atoms with Crippen LogP contribution in [0.25, 0.3) is 0 Å².